The Bertz CT molecular complexity index is 1130. The van der Waals surface area contributed by atoms with E-state index in [1.54, 1.807) is 20.8 Å². The maximum atomic E-state index is 13.5. The summed E-state index contributed by atoms with van der Waals surface area (Å²) >= 11 is 0. The largest absolute Gasteiger partial charge is 0.444 e. The highest BCUT2D eigenvalue weighted by Crippen LogP contribution is 2.33. The van der Waals surface area contributed by atoms with Gasteiger partial charge in [0.15, 0.2) is 0 Å². The molecule has 3 rings (SSSR count). The highest BCUT2D eigenvalue weighted by molar-refractivity contribution is 5.82. The molecule has 2 heterocycles. The number of carbonyl (C=O) groups excluding carboxylic acids is 1. The number of nitrogens with zero attached hydrogens (tertiary/aromatic N) is 3. The van der Waals surface area contributed by atoms with Crippen LogP contribution in [0.2, 0.25) is 0 Å². The first kappa shape index (κ1) is 21.3. The zero-order chi connectivity index (χ0) is 22.3. The monoisotopic (exact) mass is 423 g/mol. The van der Waals surface area contributed by atoms with Gasteiger partial charge >= 0.3 is 12.3 Å². The van der Waals surface area contributed by atoms with Gasteiger partial charge in [0, 0.05) is 6.07 Å². The van der Waals surface area contributed by atoms with Gasteiger partial charge in [-0.3, -0.25) is 9.89 Å². The van der Waals surface area contributed by atoms with E-state index < -0.39 is 40.4 Å². The average molecular weight is 423 g/mol. The number of amides is 1. The van der Waals surface area contributed by atoms with Crippen LogP contribution in [0.5, 0.6) is 0 Å². The number of nitrogens with one attached hydrogen (secondary N) is 2. The Morgan fingerprint density at radius 2 is 1.93 bits per heavy atom. The maximum absolute atomic E-state index is 13.5. The molecule has 0 unspecified atom stereocenters. The first-order chi connectivity index (χ1) is 13.9. The van der Waals surface area contributed by atoms with Gasteiger partial charge in [0.2, 0.25) is 0 Å². The van der Waals surface area contributed by atoms with Gasteiger partial charge in [-0.25, -0.2) is 14.3 Å². The number of fused-ring (bicyclic) bond motifs is 1. The lowest BCUT2D eigenvalue weighted by Gasteiger charge is -2.23. The van der Waals surface area contributed by atoms with E-state index in [-0.39, 0.29) is 17.2 Å². The molecule has 11 heteroatoms. The second-order valence-corrected chi connectivity index (χ2v) is 7.62. The van der Waals surface area contributed by atoms with Crippen LogP contribution in [0.3, 0.4) is 0 Å². The molecular weight excluding hydrogens is 403 g/mol. The highest BCUT2D eigenvalue weighted by Gasteiger charge is 2.35. The third-order valence-corrected chi connectivity index (χ3v) is 4.08. The third-order valence-electron chi connectivity index (χ3n) is 4.08. The number of aromatic amines is 1. The molecule has 0 aliphatic rings. The van der Waals surface area contributed by atoms with Crippen LogP contribution in [0.1, 0.15) is 45.1 Å². The molecule has 2 aromatic heterocycles. The molecule has 0 aliphatic heterocycles. The van der Waals surface area contributed by atoms with Crippen molar-refractivity contribution in [3.63, 3.8) is 0 Å². The number of hydrogen-bond acceptors (Lipinski definition) is 5. The lowest BCUT2D eigenvalue weighted by Crippen LogP contribution is -2.37. The summed E-state index contributed by atoms with van der Waals surface area (Å²) in [5.41, 5.74) is -2.93. The summed E-state index contributed by atoms with van der Waals surface area (Å²) in [6.07, 6.45) is -4.16. The minimum atomic E-state index is -4.74. The topological polar surface area (TPSA) is 102 Å². The molecule has 0 saturated carbocycles. The Morgan fingerprint density at radius 3 is 2.50 bits per heavy atom. The lowest BCUT2D eigenvalue weighted by atomic mass is 10.1. The lowest BCUT2D eigenvalue weighted by molar-refractivity contribution is -0.136. The van der Waals surface area contributed by atoms with Gasteiger partial charge in [0.25, 0.3) is 5.56 Å². The smallest absolute Gasteiger partial charge is 0.417 e. The van der Waals surface area contributed by atoms with Gasteiger partial charge in [-0.05, 0) is 39.8 Å². The number of alkyl halides is 3. The minimum Gasteiger partial charge on any atom is -0.444 e. The van der Waals surface area contributed by atoms with E-state index >= 15 is 0 Å². The van der Waals surface area contributed by atoms with Crippen molar-refractivity contribution in [1.29, 1.82) is 0 Å². The predicted molar refractivity (Wildman–Crippen MR) is 102 cm³/mol. The Balaban J connectivity index is 2.21. The van der Waals surface area contributed by atoms with Gasteiger partial charge in [-0.2, -0.15) is 18.3 Å². The molecule has 3 aromatic rings. The van der Waals surface area contributed by atoms with Gasteiger partial charge in [0.1, 0.15) is 17.2 Å². The molecule has 1 amide bonds. The maximum Gasteiger partial charge on any atom is 0.417 e. The summed E-state index contributed by atoms with van der Waals surface area (Å²) in [5, 5.41) is 8.28. The average Bonchev–Trinajstić information content (AvgIpc) is 3.12. The molecule has 0 spiro atoms. The number of alkyl carbamates (subject to hydrolysis) is 1. The van der Waals surface area contributed by atoms with Crippen LogP contribution >= 0.6 is 0 Å². The molecule has 8 nitrogen and oxygen atoms in total. The summed E-state index contributed by atoms with van der Waals surface area (Å²) in [6, 6.07) is 3.86. The van der Waals surface area contributed by atoms with Crippen molar-refractivity contribution < 1.29 is 22.7 Å². The molecule has 2 N–H and O–H groups in total. The first-order valence-corrected chi connectivity index (χ1v) is 9.00. The van der Waals surface area contributed by atoms with Crippen molar-refractivity contribution in [3.05, 3.63) is 52.2 Å². The number of hydrogen-bond donors (Lipinski definition) is 2. The summed E-state index contributed by atoms with van der Waals surface area (Å²) in [6.45, 7) is 6.60. The van der Waals surface area contributed by atoms with E-state index in [9.17, 15) is 22.8 Å². The third kappa shape index (κ3) is 4.29. The van der Waals surface area contributed by atoms with Crippen molar-refractivity contribution in [1.82, 2.24) is 25.1 Å². The van der Waals surface area contributed by atoms with Gasteiger partial charge < -0.3 is 10.1 Å². The molecular formula is C19H20F3N5O3. The molecule has 0 fully saturated rings. The quantitative estimate of drug-likeness (QED) is 0.669. The standard InChI is InChI=1S/C19H20F3N5O3/c1-10(24-17(29)30-18(2,3)4)15-25-12-7-5-6-11(19(20,21)22)14(12)16(28)27(15)13-8-9-23-26-13/h5-10H,1-4H3,(H,23,26)(H,24,29)/t10-/m0/s1. The molecule has 160 valence electrons. The summed E-state index contributed by atoms with van der Waals surface area (Å²) in [4.78, 5) is 29.6. The van der Waals surface area contributed by atoms with Crippen LogP contribution in [-0.4, -0.2) is 31.4 Å². The summed E-state index contributed by atoms with van der Waals surface area (Å²) in [5.74, 6) is 0.126. The van der Waals surface area contributed by atoms with Gasteiger partial charge in [-0.1, -0.05) is 6.07 Å². The van der Waals surface area contributed by atoms with Crippen LogP contribution in [0.4, 0.5) is 18.0 Å². The number of ether oxygens (including phenoxy) is 1. The number of rotatable bonds is 3. The molecule has 1 aromatic carbocycles. The van der Waals surface area contributed by atoms with Crippen molar-refractivity contribution in [2.24, 2.45) is 0 Å². The molecule has 1 atom stereocenters. The van der Waals surface area contributed by atoms with E-state index in [0.29, 0.717) is 0 Å². The number of H-pyrrole nitrogens is 1. The SMILES string of the molecule is C[C@H](NC(=O)OC(C)(C)C)c1nc2cccc(C(F)(F)F)c2c(=O)n1-c1ccn[nH]1. The fraction of sp³-hybridized carbons (Fsp3) is 0.368. The molecule has 0 aliphatic carbocycles. The Labute approximate surface area is 169 Å². The van der Waals surface area contributed by atoms with Crippen molar-refractivity contribution in [2.45, 2.75) is 45.5 Å². The summed E-state index contributed by atoms with van der Waals surface area (Å²) in [7, 11) is 0. The fourth-order valence-electron chi connectivity index (χ4n) is 2.93. The second-order valence-electron chi connectivity index (χ2n) is 7.62. The molecule has 0 radical (unpaired) electrons. The van der Waals surface area contributed by atoms with E-state index in [1.807, 2.05) is 0 Å². The van der Waals surface area contributed by atoms with Gasteiger partial charge in [0.05, 0.1) is 28.7 Å². The zero-order valence-corrected chi connectivity index (χ0v) is 16.7. The Kier molecular flexibility index (Phi) is 5.31. The Morgan fingerprint density at radius 1 is 1.23 bits per heavy atom. The highest BCUT2D eigenvalue weighted by atomic mass is 19.4. The van der Waals surface area contributed by atoms with E-state index in [4.69, 9.17) is 4.74 Å². The van der Waals surface area contributed by atoms with Crippen molar-refractivity contribution in [3.8, 4) is 5.82 Å². The zero-order valence-electron chi connectivity index (χ0n) is 16.7. The minimum absolute atomic E-state index is 0.0157. The first-order valence-electron chi connectivity index (χ1n) is 9.00. The van der Waals surface area contributed by atoms with E-state index in [1.165, 1.54) is 31.3 Å². The van der Waals surface area contributed by atoms with Gasteiger partial charge in [-0.15, -0.1) is 0 Å². The van der Waals surface area contributed by atoms with Crippen LogP contribution in [0.25, 0.3) is 16.7 Å². The summed E-state index contributed by atoms with van der Waals surface area (Å²) < 4.78 is 46.6. The van der Waals surface area contributed by atoms with Crippen LogP contribution in [0, 0.1) is 0 Å². The van der Waals surface area contributed by atoms with Crippen LogP contribution in [0.15, 0.2) is 35.3 Å². The number of halogens is 3. The molecule has 0 saturated heterocycles. The Hall–Kier alpha value is -3.37. The predicted octanol–water partition coefficient (Wildman–Crippen LogP) is 3.71. The van der Waals surface area contributed by atoms with Crippen molar-refractivity contribution >= 4 is 17.0 Å². The number of aromatic nitrogens is 4. The molecule has 0 bridgehead atoms. The number of benzene rings is 1. The van der Waals surface area contributed by atoms with Crippen molar-refractivity contribution in [2.75, 3.05) is 0 Å². The van der Waals surface area contributed by atoms with E-state index in [0.717, 1.165) is 10.6 Å². The fourth-order valence-corrected chi connectivity index (χ4v) is 2.93. The normalized spacial score (nSPS) is 13.3. The number of carbonyl (C=O) groups is 1. The molecule has 30 heavy (non-hydrogen) atoms. The van der Waals surface area contributed by atoms with E-state index in [2.05, 4.69) is 20.5 Å². The van der Waals surface area contributed by atoms with Crippen LogP contribution in [-0.2, 0) is 10.9 Å². The second kappa shape index (κ2) is 7.47. The van der Waals surface area contributed by atoms with Crippen LogP contribution < -0.4 is 10.9 Å².